The number of aromatic nitrogens is 3. The van der Waals surface area contributed by atoms with E-state index in [1.165, 1.54) is 11.3 Å². The minimum Gasteiger partial charge on any atom is -0.494 e. The standard InChI is InChI=1S/C18H18N4O2S/c1-4-10-22-15-8-7-13(24-6-3)12-16(15)25-18(22)19-17(23)14-9-11-21(5-2)20-14/h1,7-9,11-12H,5-6,10H2,2-3H3. The maximum Gasteiger partial charge on any atom is 0.300 e. The number of ether oxygens (including phenoxy) is 1. The maximum atomic E-state index is 12.4. The maximum absolute atomic E-state index is 12.4. The van der Waals surface area contributed by atoms with Crippen LogP contribution in [0.2, 0.25) is 0 Å². The first-order valence-corrected chi connectivity index (χ1v) is 8.80. The molecule has 1 amide bonds. The summed E-state index contributed by atoms with van der Waals surface area (Å²) in [4.78, 5) is 17.2. The fraction of sp³-hybridized carbons (Fsp3) is 0.278. The molecular weight excluding hydrogens is 336 g/mol. The van der Waals surface area contributed by atoms with Crippen LogP contribution in [0.1, 0.15) is 24.3 Å². The van der Waals surface area contributed by atoms with Crippen LogP contribution in [0.25, 0.3) is 10.2 Å². The van der Waals surface area contributed by atoms with Gasteiger partial charge in [0.25, 0.3) is 5.91 Å². The molecule has 0 spiro atoms. The van der Waals surface area contributed by atoms with Crippen LogP contribution in [0.4, 0.5) is 0 Å². The molecule has 0 saturated carbocycles. The highest BCUT2D eigenvalue weighted by Crippen LogP contribution is 2.23. The van der Waals surface area contributed by atoms with Crippen LogP contribution in [0.5, 0.6) is 5.75 Å². The number of thiazole rings is 1. The molecule has 0 N–H and O–H groups in total. The fourth-order valence-corrected chi connectivity index (χ4v) is 3.49. The summed E-state index contributed by atoms with van der Waals surface area (Å²) in [6, 6.07) is 7.43. The van der Waals surface area contributed by atoms with Gasteiger partial charge in [0.15, 0.2) is 10.5 Å². The third-order valence-electron chi connectivity index (χ3n) is 3.60. The number of hydrogen-bond donors (Lipinski definition) is 0. The van der Waals surface area contributed by atoms with E-state index in [4.69, 9.17) is 11.2 Å². The molecule has 1 aromatic carbocycles. The lowest BCUT2D eigenvalue weighted by Crippen LogP contribution is -2.16. The zero-order chi connectivity index (χ0) is 17.8. The van der Waals surface area contributed by atoms with Crippen LogP contribution in [-0.4, -0.2) is 26.9 Å². The molecule has 0 aliphatic carbocycles. The Bertz CT molecular complexity index is 1020. The smallest absolute Gasteiger partial charge is 0.300 e. The summed E-state index contributed by atoms with van der Waals surface area (Å²) in [6.07, 6.45) is 7.25. The number of nitrogens with zero attached hydrogens (tertiary/aromatic N) is 4. The Kier molecular flexibility index (Phi) is 5.00. The van der Waals surface area contributed by atoms with E-state index in [1.807, 2.05) is 36.6 Å². The van der Waals surface area contributed by atoms with Crippen LogP contribution in [-0.2, 0) is 13.1 Å². The van der Waals surface area contributed by atoms with E-state index in [9.17, 15) is 4.79 Å². The summed E-state index contributed by atoms with van der Waals surface area (Å²) < 4.78 is 10.0. The molecule has 0 aliphatic heterocycles. The van der Waals surface area contributed by atoms with Crippen LogP contribution in [0, 0.1) is 12.3 Å². The molecule has 2 aromatic heterocycles. The SMILES string of the molecule is C#CCn1c(=NC(=O)c2ccn(CC)n2)sc2cc(OCC)ccc21. The van der Waals surface area contributed by atoms with Crippen molar-refractivity contribution < 1.29 is 9.53 Å². The van der Waals surface area contributed by atoms with E-state index in [-0.39, 0.29) is 5.91 Å². The largest absolute Gasteiger partial charge is 0.494 e. The lowest BCUT2D eigenvalue weighted by Gasteiger charge is -2.03. The zero-order valence-electron chi connectivity index (χ0n) is 14.1. The van der Waals surface area contributed by atoms with Gasteiger partial charge in [-0.3, -0.25) is 9.48 Å². The molecule has 2 heterocycles. The van der Waals surface area contributed by atoms with E-state index < -0.39 is 0 Å². The third-order valence-corrected chi connectivity index (χ3v) is 4.64. The molecule has 0 fully saturated rings. The highest BCUT2D eigenvalue weighted by molar-refractivity contribution is 7.16. The average molecular weight is 354 g/mol. The summed E-state index contributed by atoms with van der Waals surface area (Å²) in [6.45, 7) is 5.53. The highest BCUT2D eigenvalue weighted by Gasteiger charge is 2.11. The number of rotatable bonds is 5. The normalized spacial score (nSPS) is 11.6. The monoisotopic (exact) mass is 354 g/mol. The van der Waals surface area contributed by atoms with Gasteiger partial charge in [-0.15, -0.1) is 6.42 Å². The van der Waals surface area contributed by atoms with E-state index in [0.717, 1.165) is 16.0 Å². The summed E-state index contributed by atoms with van der Waals surface area (Å²) in [7, 11) is 0. The zero-order valence-corrected chi connectivity index (χ0v) is 14.9. The average Bonchev–Trinajstić information content (AvgIpc) is 3.21. The number of fused-ring (bicyclic) bond motifs is 1. The van der Waals surface area contributed by atoms with Crippen molar-refractivity contribution in [1.29, 1.82) is 0 Å². The van der Waals surface area contributed by atoms with Gasteiger partial charge < -0.3 is 9.30 Å². The van der Waals surface area contributed by atoms with Gasteiger partial charge in [-0.2, -0.15) is 10.1 Å². The minimum atomic E-state index is -0.380. The second kappa shape index (κ2) is 7.36. The van der Waals surface area contributed by atoms with Gasteiger partial charge in [-0.25, -0.2) is 0 Å². The van der Waals surface area contributed by atoms with Crippen molar-refractivity contribution in [3.8, 4) is 18.1 Å². The summed E-state index contributed by atoms with van der Waals surface area (Å²) in [5.41, 5.74) is 1.25. The fourth-order valence-electron chi connectivity index (χ4n) is 2.44. The van der Waals surface area contributed by atoms with E-state index >= 15 is 0 Å². The van der Waals surface area contributed by atoms with Gasteiger partial charge in [0, 0.05) is 12.7 Å². The topological polar surface area (TPSA) is 61.4 Å². The van der Waals surface area contributed by atoms with Gasteiger partial charge in [0.2, 0.25) is 0 Å². The van der Waals surface area contributed by atoms with E-state index in [0.29, 0.717) is 30.2 Å². The van der Waals surface area contributed by atoms with E-state index in [1.54, 1.807) is 16.9 Å². The number of carbonyl (C=O) groups excluding carboxylic acids is 1. The molecule has 0 saturated heterocycles. The lowest BCUT2D eigenvalue weighted by molar-refractivity contribution is 0.0992. The van der Waals surface area contributed by atoms with Gasteiger partial charge in [0.1, 0.15) is 5.75 Å². The lowest BCUT2D eigenvalue weighted by atomic mass is 10.3. The van der Waals surface area contributed by atoms with Crippen molar-refractivity contribution in [2.45, 2.75) is 26.9 Å². The molecule has 3 aromatic rings. The number of aryl methyl sites for hydroxylation is 1. The van der Waals surface area contributed by atoms with E-state index in [2.05, 4.69) is 16.0 Å². The first-order chi connectivity index (χ1) is 12.2. The number of benzene rings is 1. The second-order valence-electron chi connectivity index (χ2n) is 5.21. The first kappa shape index (κ1) is 17.0. The van der Waals surface area contributed by atoms with Crippen LogP contribution < -0.4 is 9.54 Å². The molecule has 0 aliphatic rings. The van der Waals surface area contributed by atoms with Crippen molar-refractivity contribution in [1.82, 2.24) is 14.3 Å². The van der Waals surface area contributed by atoms with Crippen molar-refractivity contribution in [2.24, 2.45) is 4.99 Å². The predicted octanol–water partition coefficient (Wildman–Crippen LogP) is 2.69. The Morgan fingerprint density at radius 3 is 2.92 bits per heavy atom. The summed E-state index contributed by atoms with van der Waals surface area (Å²) in [5.74, 6) is 3.02. The molecular formula is C18H18N4O2S. The minimum absolute atomic E-state index is 0.321. The van der Waals surface area contributed by atoms with Crippen molar-refractivity contribution >= 4 is 27.5 Å². The summed E-state index contributed by atoms with van der Waals surface area (Å²) >= 11 is 1.40. The quantitative estimate of drug-likeness (QED) is 0.662. The van der Waals surface area contributed by atoms with Crippen LogP contribution in [0.15, 0.2) is 35.5 Å². The molecule has 0 radical (unpaired) electrons. The molecule has 6 nitrogen and oxygen atoms in total. The summed E-state index contributed by atoms with van der Waals surface area (Å²) in [5, 5.41) is 4.20. The molecule has 0 unspecified atom stereocenters. The number of terminal acetylenes is 1. The number of amides is 1. The Morgan fingerprint density at radius 1 is 1.40 bits per heavy atom. The molecule has 128 valence electrons. The Labute approximate surface area is 149 Å². The van der Waals surface area contributed by atoms with Crippen LogP contribution >= 0.6 is 11.3 Å². The van der Waals surface area contributed by atoms with Crippen molar-refractivity contribution in [3.05, 3.63) is 41.0 Å². The third kappa shape index (κ3) is 3.49. The van der Waals surface area contributed by atoms with Crippen molar-refractivity contribution in [2.75, 3.05) is 6.61 Å². The van der Waals surface area contributed by atoms with Gasteiger partial charge >= 0.3 is 0 Å². The molecule has 0 atom stereocenters. The van der Waals surface area contributed by atoms with Gasteiger partial charge in [-0.1, -0.05) is 17.3 Å². The van der Waals surface area contributed by atoms with Gasteiger partial charge in [0.05, 0.1) is 23.4 Å². The van der Waals surface area contributed by atoms with Gasteiger partial charge in [-0.05, 0) is 38.1 Å². The highest BCUT2D eigenvalue weighted by atomic mass is 32.1. The molecule has 3 rings (SSSR count). The number of carbonyl (C=O) groups is 1. The second-order valence-corrected chi connectivity index (χ2v) is 6.22. The Hall–Kier alpha value is -2.85. The van der Waals surface area contributed by atoms with Crippen molar-refractivity contribution in [3.63, 3.8) is 0 Å². The van der Waals surface area contributed by atoms with Crippen LogP contribution in [0.3, 0.4) is 0 Å². The predicted molar refractivity (Wildman–Crippen MR) is 97.6 cm³/mol. The molecule has 25 heavy (non-hydrogen) atoms. The number of hydrogen-bond acceptors (Lipinski definition) is 4. The Balaban J connectivity index is 2.08. The molecule has 7 heteroatoms. The first-order valence-electron chi connectivity index (χ1n) is 7.98. The Morgan fingerprint density at radius 2 is 2.24 bits per heavy atom. The molecule has 0 bridgehead atoms.